The van der Waals surface area contributed by atoms with Gasteiger partial charge < -0.3 is 9.80 Å². The number of aromatic nitrogens is 1. The van der Waals surface area contributed by atoms with E-state index in [1.807, 2.05) is 13.8 Å². The Morgan fingerprint density at radius 2 is 1.72 bits per heavy atom. The van der Waals surface area contributed by atoms with Gasteiger partial charge in [-0.3, -0.25) is 14.6 Å². The van der Waals surface area contributed by atoms with Crippen molar-refractivity contribution in [1.29, 1.82) is 0 Å². The molecular formula is C19H22FN3O2. The van der Waals surface area contributed by atoms with Crippen LogP contribution in [-0.4, -0.2) is 52.8 Å². The zero-order chi connectivity index (χ0) is 18.1. The molecule has 1 fully saturated rings. The van der Waals surface area contributed by atoms with E-state index in [1.54, 1.807) is 28.9 Å². The summed E-state index contributed by atoms with van der Waals surface area (Å²) in [6.07, 6.45) is 0. The number of carbonyl (C=O) groups excluding carboxylic acids is 2. The van der Waals surface area contributed by atoms with Gasteiger partial charge in [0.2, 0.25) is 5.91 Å². The second-order valence-electron chi connectivity index (χ2n) is 6.74. The van der Waals surface area contributed by atoms with Crippen LogP contribution in [0.1, 0.15) is 29.9 Å². The molecular weight excluding hydrogens is 321 g/mol. The summed E-state index contributed by atoms with van der Waals surface area (Å²) in [4.78, 5) is 32.9. The molecule has 2 heterocycles. The Hall–Kier alpha value is -2.50. The predicted molar refractivity (Wildman–Crippen MR) is 93.8 cm³/mol. The number of benzene rings is 1. The average molecular weight is 343 g/mol. The van der Waals surface area contributed by atoms with Crippen molar-refractivity contribution < 1.29 is 14.0 Å². The molecule has 2 amide bonds. The molecule has 0 bridgehead atoms. The van der Waals surface area contributed by atoms with E-state index in [2.05, 4.69) is 4.98 Å². The minimum atomic E-state index is -0.371. The average Bonchev–Trinajstić information content (AvgIpc) is 2.59. The molecule has 6 heteroatoms. The summed E-state index contributed by atoms with van der Waals surface area (Å²) in [5.41, 5.74) is 1.69. The number of pyridine rings is 1. The van der Waals surface area contributed by atoms with Crippen molar-refractivity contribution in [3.8, 4) is 0 Å². The van der Waals surface area contributed by atoms with Crippen molar-refractivity contribution in [2.24, 2.45) is 5.92 Å². The lowest BCUT2D eigenvalue weighted by Crippen LogP contribution is -2.51. The standard InChI is InChI=1S/C19H22FN3O2/c1-12(2)18(24)22-6-8-23(9-7-22)19(25)16-10-13(3)21-17-11-14(20)4-5-15(16)17/h4-5,10-12H,6-9H2,1-3H3. The molecule has 1 saturated heterocycles. The number of carbonyl (C=O) groups is 2. The number of hydrogen-bond donors (Lipinski definition) is 0. The number of piperazine rings is 1. The molecule has 1 aromatic carbocycles. The second kappa shape index (κ2) is 6.78. The van der Waals surface area contributed by atoms with Crippen molar-refractivity contribution in [1.82, 2.24) is 14.8 Å². The highest BCUT2D eigenvalue weighted by atomic mass is 19.1. The van der Waals surface area contributed by atoms with Crippen LogP contribution in [0.4, 0.5) is 4.39 Å². The lowest BCUT2D eigenvalue weighted by molar-refractivity contribution is -0.135. The molecule has 0 spiro atoms. The van der Waals surface area contributed by atoms with Gasteiger partial charge in [-0.2, -0.15) is 0 Å². The van der Waals surface area contributed by atoms with Gasteiger partial charge in [-0.25, -0.2) is 4.39 Å². The Bertz CT molecular complexity index is 822. The normalized spacial score (nSPS) is 15.1. The number of halogens is 1. The molecule has 1 aromatic heterocycles. The molecule has 25 heavy (non-hydrogen) atoms. The predicted octanol–water partition coefficient (Wildman–Crippen LogP) is 2.62. The molecule has 0 aliphatic carbocycles. The molecule has 1 aliphatic rings. The Labute approximate surface area is 146 Å². The minimum absolute atomic E-state index is 0.0380. The summed E-state index contributed by atoms with van der Waals surface area (Å²) in [6.45, 7) is 7.64. The van der Waals surface area contributed by atoms with Gasteiger partial charge in [-0.05, 0) is 25.1 Å². The van der Waals surface area contributed by atoms with Crippen molar-refractivity contribution in [3.63, 3.8) is 0 Å². The quantitative estimate of drug-likeness (QED) is 0.842. The fraction of sp³-hybridized carbons (Fsp3) is 0.421. The van der Waals surface area contributed by atoms with Gasteiger partial charge in [0.15, 0.2) is 0 Å². The molecule has 3 rings (SSSR count). The van der Waals surface area contributed by atoms with Gasteiger partial charge in [0, 0.05) is 49.2 Å². The topological polar surface area (TPSA) is 53.5 Å². The van der Waals surface area contributed by atoms with Gasteiger partial charge in [-0.15, -0.1) is 0 Å². The van der Waals surface area contributed by atoms with Crippen molar-refractivity contribution in [2.75, 3.05) is 26.2 Å². The number of hydrogen-bond acceptors (Lipinski definition) is 3. The number of fused-ring (bicyclic) bond motifs is 1. The number of nitrogens with zero attached hydrogens (tertiary/aromatic N) is 3. The zero-order valence-corrected chi connectivity index (χ0v) is 14.8. The van der Waals surface area contributed by atoms with E-state index in [4.69, 9.17) is 0 Å². The highest BCUT2D eigenvalue weighted by Crippen LogP contribution is 2.22. The Balaban J connectivity index is 1.83. The molecule has 0 atom stereocenters. The molecule has 5 nitrogen and oxygen atoms in total. The van der Waals surface area contributed by atoms with E-state index in [-0.39, 0.29) is 23.5 Å². The van der Waals surface area contributed by atoms with Gasteiger partial charge in [0.25, 0.3) is 5.91 Å². The molecule has 0 N–H and O–H groups in total. The van der Waals surface area contributed by atoms with Crippen LogP contribution >= 0.6 is 0 Å². The fourth-order valence-electron chi connectivity index (χ4n) is 3.18. The van der Waals surface area contributed by atoms with Crippen molar-refractivity contribution in [2.45, 2.75) is 20.8 Å². The van der Waals surface area contributed by atoms with Gasteiger partial charge >= 0.3 is 0 Å². The SMILES string of the molecule is Cc1cc(C(=O)N2CCN(C(=O)C(C)C)CC2)c2ccc(F)cc2n1. The van der Waals surface area contributed by atoms with E-state index in [1.165, 1.54) is 12.1 Å². The highest BCUT2D eigenvalue weighted by molar-refractivity contribution is 6.06. The maximum Gasteiger partial charge on any atom is 0.254 e. The second-order valence-corrected chi connectivity index (χ2v) is 6.74. The summed E-state index contributed by atoms with van der Waals surface area (Å²) >= 11 is 0. The lowest BCUT2D eigenvalue weighted by Gasteiger charge is -2.35. The van der Waals surface area contributed by atoms with Crippen LogP contribution in [0, 0.1) is 18.7 Å². The van der Waals surface area contributed by atoms with Crippen LogP contribution in [0.25, 0.3) is 10.9 Å². The maximum absolute atomic E-state index is 13.5. The third kappa shape index (κ3) is 3.48. The third-order valence-electron chi connectivity index (χ3n) is 4.50. The van der Waals surface area contributed by atoms with Crippen molar-refractivity contribution in [3.05, 3.63) is 41.3 Å². The molecule has 2 aromatic rings. The van der Waals surface area contributed by atoms with Gasteiger partial charge in [0.1, 0.15) is 5.82 Å². The first kappa shape index (κ1) is 17.3. The largest absolute Gasteiger partial charge is 0.339 e. The summed E-state index contributed by atoms with van der Waals surface area (Å²) < 4.78 is 13.5. The highest BCUT2D eigenvalue weighted by Gasteiger charge is 2.27. The molecule has 132 valence electrons. The smallest absolute Gasteiger partial charge is 0.254 e. The molecule has 0 saturated carbocycles. The number of amides is 2. The molecule has 0 radical (unpaired) electrons. The summed E-state index contributed by atoms with van der Waals surface area (Å²) in [7, 11) is 0. The van der Waals surface area contributed by atoms with Crippen LogP contribution in [0.15, 0.2) is 24.3 Å². The zero-order valence-electron chi connectivity index (χ0n) is 14.8. The monoisotopic (exact) mass is 343 g/mol. The Morgan fingerprint density at radius 3 is 2.36 bits per heavy atom. The summed E-state index contributed by atoms with van der Waals surface area (Å²) in [5.74, 6) is -0.389. The van der Waals surface area contributed by atoms with E-state index in [0.717, 1.165) is 0 Å². The van der Waals surface area contributed by atoms with E-state index in [9.17, 15) is 14.0 Å². The number of aryl methyl sites for hydroxylation is 1. The molecule has 1 aliphatic heterocycles. The van der Waals surface area contributed by atoms with Crippen LogP contribution in [-0.2, 0) is 4.79 Å². The van der Waals surface area contributed by atoms with Crippen LogP contribution in [0.5, 0.6) is 0 Å². The van der Waals surface area contributed by atoms with Gasteiger partial charge in [0.05, 0.1) is 11.1 Å². The van der Waals surface area contributed by atoms with Crippen LogP contribution in [0.3, 0.4) is 0 Å². The molecule has 0 unspecified atom stereocenters. The first-order valence-corrected chi connectivity index (χ1v) is 8.52. The van der Waals surface area contributed by atoms with E-state index >= 15 is 0 Å². The Kier molecular flexibility index (Phi) is 4.70. The summed E-state index contributed by atoms with van der Waals surface area (Å²) in [6, 6.07) is 6.03. The van der Waals surface area contributed by atoms with Gasteiger partial charge in [-0.1, -0.05) is 13.8 Å². The maximum atomic E-state index is 13.5. The first-order chi connectivity index (χ1) is 11.9. The Morgan fingerprint density at radius 1 is 1.08 bits per heavy atom. The lowest BCUT2D eigenvalue weighted by atomic mass is 10.1. The summed E-state index contributed by atoms with van der Waals surface area (Å²) in [5, 5.41) is 0.651. The minimum Gasteiger partial charge on any atom is -0.339 e. The van der Waals surface area contributed by atoms with E-state index in [0.29, 0.717) is 48.3 Å². The third-order valence-corrected chi connectivity index (χ3v) is 4.50. The van der Waals surface area contributed by atoms with Crippen molar-refractivity contribution >= 4 is 22.7 Å². The van der Waals surface area contributed by atoms with Crippen LogP contribution in [0.2, 0.25) is 0 Å². The first-order valence-electron chi connectivity index (χ1n) is 8.52. The number of rotatable bonds is 2. The fourth-order valence-corrected chi connectivity index (χ4v) is 3.18. The van der Waals surface area contributed by atoms with E-state index < -0.39 is 0 Å². The van der Waals surface area contributed by atoms with Crippen LogP contribution < -0.4 is 0 Å².